The summed E-state index contributed by atoms with van der Waals surface area (Å²) >= 11 is 0. The van der Waals surface area contributed by atoms with Gasteiger partial charge in [0.1, 0.15) is 5.78 Å². The Kier molecular flexibility index (Phi) is 15.7. The highest BCUT2D eigenvalue weighted by molar-refractivity contribution is 5.80. The van der Waals surface area contributed by atoms with Gasteiger partial charge in [0.15, 0.2) is 0 Å². The van der Waals surface area contributed by atoms with Crippen LogP contribution in [0, 0.1) is 0 Å². The van der Waals surface area contributed by atoms with Gasteiger partial charge < -0.3 is 10.4 Å². The molecule has 0 aromatic heterocycles. The molecule has 0 aromatic rings. The van der Waals surface area contributed by atoms with E-state index in [0.717, 1.165) is 12.8 Å². The maximum absolute atomic E-state index is 11.9. The predicted molar refractivity (Wildman–Crippen MR) is 109 cm³/mol. The van der Waals surface area contributed by atoms with Gasteiger partial charge in [0.2, 0.25) is 5.91 Å². The molecular weight excluding hydrogens is 326 g/mol. The van der Waals surface area contributed by atoms with Gasteiger partial charge in [-0.05, 0) is 26.7 Å². The van der Waals surface area contributed by atoms with Crippen LogP contribution in [0.4, 0.5) is 0 Å². The van der Waals surface area contributed by atoms with E-state index in [1.54, 1.807) is 13.8 Å². The summed E-state index contributed by atoms with van der Waals surface area (Å²) in [6.07, 6.45) is 16.3. The number of hydrogen-bond acceptors (Lipinski definition) is 3. The van der Waals surface area contributed by atoms with Gasteiger partial charge in [0, 0.05) is 19.3 Å². The fourth-order valence-corrected chi connectivity index (χ4v) is 3.04. The van der Waals surface area contributed by atoms with E-state index in [2.05, 4.69) is 12.2 Å². The number of carbonyl (C=O) groups excluding carboxylic acids is 2. The van der Waals surface area contributed by atoms with E-state index in [4.69, 9.17) is 5.11 Å². The molecule has 0 spiro atoms. The zero-order valence-corrected chi connectivity index (χ0v) is 17.6. The number of ketones is 1. The molecule has 1 amide bonds. The first-order chi connectivity index (χ1) is 12.4. The van der Waals surface area contributed by atoms with Gasteiger partial charge in [-0.2, -0.15) is 0 Å². The Morgan fingerprint density at radius 2 is 1.19 bits per heavy atom. The first-order valence-corrected chi connectivity index (χ1v) is 10.8. The number of unbranched alkanes of at least 4 members (excludes halogenated alkanes) is 10. The SMILES string of the molecule is CCCCCCCCCCCCCC(=O)CCCC(=O)NC(C)(C)CO. The number of Topliss-reactive ketones (excluding diaryl/α,β-unsaturated/α-hetero) is 1. The Labute approximate surface area is 161 Å². The van der Waals surface area contributed by atoms with E-state index >= 15 is 0 Å². The first-order valence-electron chi connectivity index (χ1n) is 10.8. The van der Waals surface area contributed by atoms with Crippen LogP contribution in [0.1, 0.15) is 117 Å². The molecule has 0 unspecified atom stereocenters. The normalized spacial score (nSPS) is 11.5. The van der Waals surface area contributed by atoms with E-state index in [9.17, 15) is 9.59 Å². The second kappa shape index (κ2) is 16.3. The number of hydrogen-bond donors (Lipinski definition) is 2. The molecule has 0 saturated heterocycles. The largest absolute Gasteiger partial charge is 0.394 e. The first kappa shape index (κ1) is 25.1. The highest BCUT2D eigenvalue weighted by Crippen LogP contribution is 2.13. The van der Waals surface area contributed by atoms with Crippen molar-refractivity contribution < 1.29 is 14.7 Å². The Morgan fingerprint density at radius 1 is 0.731 bits per heavy atom. The van der Waals surface area contributed by atoms with Crippen molar-refractivity contribution in [2.24, 2.45) is 0 Å². The molecular formula is C22H43NO3. The Morgan fingerprint density at radius 3 is 1.69 bits per heavy atom. The number of amides is 1. The monoisotopic (exact) mass is 369 g/mol. The third-order valence-corrected chi connectivity index (χ3v) is 4.79. The molecule has 0 atom stereocenters. The predicted octanol–water partition coefficient (Wildman–Crippen LogP) is 5.31. The lowest BCUT2D eigenvalue weighted by Gasteiger charge is -2.23. The van der Waals surface area contributed by atoms with Crippen LogP contribution in [0.15, 0.2) is 0 Å². The highest BCUT2D eigenvalue weighted by Gasteiger charge is 2.18. The van der Waals surface area contributed by atoms with Crippen molar-refractivity contribution in [1.82, 2.24) is 5.32 Å². The van der Waals surface area contributed by atoms with Crippen molar-refractivity contribution in [2.45, 2.75) is 123 Å². The number of aliphatic hydroxyl groups is 1. The zero-order chi connectivity index (χ0) is 19.7. The van der Waals surface area contributed by atoms with Crippen LogP contribution >= 0.6 is 0 Å². The summed E-state index contributed by atoms with van der Waals surface area (Å²) in [6, 6.07) is 0. The van der Waals surface area contributed by atoms with Crippen molar-refractivity contribution in [3.05, 3.63) is 0 Å². The van der Waals surface area contributed by atoms with Gasteiger partial charge in [0.05, 0.1) is 12.1 Å². The van der Waals surface area contributed by atoms with Crippen LogP contribution in [-0.2, 0) is 9.59 Å². The average molecular weight is 370 g/mol. The van der Waals surface area contributed by atoms with Crippen LogP contribution in [-0.4, -0.2) is 28.9 Å². The summed E-state index contributed by atoms with van der Waals surface area (Å²) < 4.78 is 0. The van der Waals surface area contributed by atoms with E-state index in [0.29, 0.717) is 25.7 Å². The molecule has 154 valence electrons. The van der Waals surface area contributed by atoms with Gasteiger partial charge in [-0.1, -0.05) is 71.1 Å². The average Bonchev–Trinajstić information content (AvgIpc) is 2.59. The summed E-state index contributed by atoms with van der Waals surface area (Å²) in [7, 11) is 0. The molecule has 0 heterocycles. The molecule has 0 aromatic carbocycles. The topological polar surface area (TPSA) is 66.4 Å². The van der Waals surface area contributed by atoms with Crippen LogP contribution in [0.2, 0.25) is 0 Å². The molecule has 4 heteroatoms. The lowest BCUT2D eigenvalue weighted by atomic mass is 10.0. The molecule has 0 aliphatic heterocycles. The van der Waals surface area contributed by atoms with Crippen LogP contribution < -0.4 is 5.32 Å². The minimum atomic E-state index is -0.587. The van der Waals surface area contributed by atoms with Crippen molar-refractivity contribution >= 4 is 11.7 Å². The van der Waals surface area contributed by atoms with Crippen LogP contribution in [0.25, 0.3) is 0 Å². The van der Waals surface area contributed by atoms with E-state index in [-0.39, 0.29) is 18.3 Å². The second-order valence-corrected chi connectivity index (χ2v) is 8.27. The van der Waals surface area contributed by atoms with Gasteiger partial charge in [0.25, 0.3) is 0 Å². The summed E-state index contributed by atoms with van der Waals surface area (Å²) in [6.45, 7) is 5.73. The maximum atomic E-state index is 11.9. The number of rotatable bonds is 18. The van der Waals surface area contributed by atoms with E-state index < -0.39 is 5.54 Å². The number of carbonyl (C=O) groups is 2. The molecule has 0 rings (SSSR count). The number of aliphatic hydroxyl groups excluding tert-OH is 1. The molecule has 2 N–H and O–H groups in total. The van der Waals surface area contributed by atoms with E-state index in [1.807, 2.05) is 0 Å². The lowest BCUT2D eigenvalue weighted by molar-refractivity contribution is -0.123. The molecule has 0 fully saturated rings. The van der Waals surface area contributed by atoms with Gasteiger partial charge in [-0.3, -0.25) is 9.59 Å². The second-order valence-electron chi connectivity index (χ2n) is 8.27. The molecule has 26 heavy (non-hydrogen) atoms. The Balaban J connectivity index is 3.41. The summed E-state index contributed by atoms with van der Waals surface area (Å²) in [5, 5.41) is 11.9. The molecule has 0 aliphatic carbocycles. The zero-order valence-electron chi connectivity index (χ0n) is 17.6. The lowest BCUT2D eigenvalue weighted by Crippen LogP contribution is -2.46. The quantitative estimate of drug-likeness (QED) is 0.322. The fourth-order valence-electron chi connectivity index (χ4n) is 3.04. The highest BCUT2D eigenvalue weighted by atomic mass is 16.3. The van der Waals surface area contributed by atoms with Crippen molar-refractivity contribution in [3.8, 4) is 0 Å². The summed E-state index contributed by atoms with van der Waals surface area (Å²) in [4.78, 5) is 23.6. The maximum Gasteiger partial charge on any atom is 0.220 e. The molecule has 0 bridgehead atoms. The standard InChI is InChI=1S/C22H43NO3/c1-4-5-6-7-8-9-10-11-12-13-14-16-20(25)17-15-18-21(26)23-22(2,3)19-24/h24H,4-19H2,1-3H3,(H,23,26). The van der Waals surface area contributed by atoms with Crippen LogP contribution in [0.3, 0.4) is 0 Å². The van der Waals surface area contributed by atoms with Gasteiger partial charge in [-0.25, -0.2) is 0 Å². The molecule has 4 nitrogen and oxygen atoms in total. The third kappa shape index (κ3) is 16.6. The minimum Gasteiger partial charge on any atom is -0.394 e. The smallest absolute Gasteiger partial charge is 0.220 e. The Hall–Kier alpha value is -0.900. The van der Waals surface area contributed by atoms with Crippen molar-refractivity contribution in [2.75, 3.05) is 6.61 Å². The minimum absolute atomic E-state index is 0.0868. The van der Waals surface area contributed by atoms with Gasteiger partial charge >= 0.3 is 0 Å². The molecule has 0 radical (unpaired) electrons. The summed E-state index contributed by atoms with van der Waals surface area (Å²) in [5.41, 5.74) is -0.587. The van der Waals surface area contributed by atoms with Crippen molar-refractivity contribution in [1.29, 1.82) is 0 Å². The third-order valence-electron chi connectivity index (χ3n) is 4.79. The number of nitrogens with one attached hydrogen (secondary N) is 1. The van der Waals surface area contributed by atoms with Crippen molar-refractivity contribution in [3.63, 3.8) is 0 Å². The molecule has 0 aliphatic rings. The van der Waals surface area contributed by atoms with Gasteiger partial charge in [-0.15, -0.1) is 0 Å². The fraction of sp³-hybridized carbons (Fsp3) is 0.909. The van der Waals surface area contributed by atoms with E-state index in [1.165, 1.54) is 57.8 Å². The van der Waals surface area contributed by atoms with Crippen LogP contribution in [0.5, 0.6) is 0 Å². The molecule has 0 saturated carbocycles. The Bertz CT molecular complexity index is 366. The summed E-state index contributed by atoms with van der Waals surface area (Å²) in [5.74, 6) is 0.182.